The summed E-state index contributed by atoms with van der Waals surface area (Å²) in [7, 11) is 0. The van der Waals surface area contributed by atoms with Gasteiger partial charge in [-0.25, -0.2) is 9.97 Å². The van der Waals surface area contributed by atoms with Gasteiger partial charge in [-0.2, -0.15) is 0 Å². The van der Waals surface area contributed by atoms with Gasteiger partial charge in [0.15, 0.2) is 0 Å². The topological polar surface area (TPSA) is 37.8 Å². The van der Waals surface area contributed by atoms with E-state index in [-0.39, 0.29) is 0 Å². The number of nitrogens with zero attached hydrogens (tertiary/aromatic N) is 2. The van der Waals surface area contributed by atoms with Crippen molar-refractivity contribution in [1.82, 2.24) is 9.97 Å². The molecule has 0 aliphatic heterocycles. The van der Waals surface area contributed by atoms with Crippen LogP contribution in [0, 0.1) is 0 Å². The molecule has 2 rings (SSSR count). The quantitative estimate of drug-likeness (QED) is 0.823. The summed E-state index contributed by atoms with van der Waals surface area (Å²) in [4.78, 5) is 8.55. The lowest BCUT2D eigenvalue weighted by molar-refractivity contribution is 0.922. The first kappa shape index (κ1) is 13.8. The molecule has 0 amide bonds. The first-order valence-corrected chi connectivity index (χ1v) is 6.98. The molecule has 1 aromatic heterocycles. The maximum absolute atomic E-state index is 5.97. The van der Waals surface area contributed by atoms with Crippen LogP contribution in [0.3, 0.4) is 0 Å². The average Bonchev–Trinajstić information content (AvgIpc) is 2.40. The van der Waals surface area contributed by atoms with Crippen LogP contribution in [0.15, 0.2) is 30.3 Å². The number of anilines is 2. The maximum atomic E-state index is 5.97. The number of aryl methyl sites for hydroxylation is 2. The second-order valence-corrected chi connectivity index (χ2v) is 4.80. The molecule has 19 heavy (non-hydrogen) atoms. The third kappa shape index (κ3) is 3.93. The number of benzene rings is 1. The summed E-state index contributed by atoms with van der Waals surface area (Å²) >= 11 is 5.97. The van der Waals surface area contributed by atoms with E-state index >= 15 is 0 Å². The summed E-state index contributed by atoms with van der Waals surface area (Å²) in [6.45, 7) is 4.19. The molecule has 0 spiro atoms. The first-order chi connectivity index (χ1) is 9.21. The standard InChI is InChI=1S/C15H18ClN3/c1-3-5-11-6-8-12(9-7-11)17-15-10-13(16)18-14(4-2)19-15/h6-10H,3-5H2,1-2H3,(H,17,18,19). The highest BCUT2D eigenvalue weighted by Gasteiger charge is 2.02. The fraction of sp³-hybridized carbons (Fsp3) is 0.333. The molecule has 4 heteroatoms. The van der Waals surface area contributed by atoms with Crippen LogP contribution < -0.4 is 5.32 Å². The van der Waals surface area contributed by atoms with Gasteiger partial charge in [-0.1, -0.05) is 44.0 Å². The number of aromatic nitrogens is 2. The molecule has 0 saturated heterocycles. The zero-order valence-electron chi connectivity index (χ0n) is 11.3. The van der Waals surface area contributed by atoms with Crippen LogP contribution in [-0.2, 0) is 12.8 Å². The minimum Gasteiger partial charge on any atom is -0.340 e. The molecule has 0 unspecified atom stereocenters. The first-order valence-electron chi connectivity index (χ1n) is 6.60. The molecule has 0 aliphatic carbocycles. The largest absolute Gasteiger partial charge is 0.340 e. The zero-order valence-corrected chi connectivity index (χ0v) is 12.0. The van der Waals surface area contributed by atoms with Crippen molar-refractivity contribution in [3.63, 3.8) is 0 Å². The van der Waals surface area contributed by atoms with E-state index in [9.17, 15) is 0 Å². The van der Waals surface area contributed by atoms with Crippen molar-refractivity contribution >= 4 is 23.1 Å². The maximum Gasteiger partial charge on any atom is 0.135 e. The van der Waals surface area contributed by atoms with Crippen LogP contribution in [0.25, 0.3) is 0 Å². The van der Waals surface area contributed by atoms with Gasteiger partial charge in [-0.05, 0) is 24.1 Å². The predicted octanol–water partition coefficient (Wildman–Crippen LogP) is 4.39. The molecule has 2 aromatic rings. The lowest BCUT2D eigenvalue weighted by atomic mass is 10.1. The van der Waals surface area contributed by atoms with E-state index in [4.69, 9.17) is 11.6 Å². The Hall–Kier alpha value is -1.61. The summed E-state index contributed by atoms with van der Waals surface area (Å²) in [6.07, 6.45) is 3.04. The van der Waals surface area contributed by atoms with Crippen LogP contribution in [0.5, 0.6) is 0 Å². The number of rotatable bonds is 5. The third-order valence-corrected chi connectivity index (χ3v) is 3.02. The normalized spacial score (nSPS) is 10.5. The fourth-order valence-electron chi connectivity index (χ4n) is 1.88. The van der Waals surface area contributed by atoms with Crippen LogP contribution in [-0.4, -0.2) is 9.97 Å². The highest BCUT2D eigenvalue weighted by atomic mass is 35.5. The summed E-state index contributed by atoms with van der Waals surface area (Å²) < 4.78 is 0. The van der Waals surface area contributed by atoms with Crippen LogP contribution in [0.4, 0.5) is 11.5 Å². The Labute approximate surface area is 119 Å². The summed E-state index contributed by atoms with van der Waals surface area (Å²) in [6, 6.07) is 10.1. The molecular weight excluding hydrogens is 258 g/mol. The SMILES string of the molecule is CCCc1ccc(Nc2cc(Cl)nc(CC)n2)cc1. The van der Waals surface area contributed by atoms with Gasteiger partial charge in [0.05, 0.1) is 0 Å². The average molecular weight is 276 g/mol. The molecule has 0 bridgehead atoms. The second kappa shape index (κ2) is 6.53. The van der Waals surface area contributed by atoms with E-state index in [1.54, 1.807) is 6.07 Å². The van der Waals surface area contributed by atoms with Crippen molar-refractivity contribution in [2.24, 2.45) is 0 Å². The van der Waals surface area contributed by atoms with Crippen LogP contribution in [0.2, 0.25) is 5.15 Å². The Morgan fingerprint density at radius 3 is 2.47 bits per heavy atom. The number of hydrogen-bond acceptors (Lipinski definition) is 3. The van der Waals surface area contributed by atoms with Crippen LogP contribution >= 0.6 is 11.6 Å². The molecule has 0 radical (unpaired) electrons. The summed E-state index contributed by atoms with van der Waals surface area (Å²) in [5.41, 5.74) is 2.36. The predicted molar refractivity (Wildman–Crippen MR) is 80.1 cm³/mol. The Morgan fingerprint density at radius 2 is 1.84 bits per heavy atom. The second-order valence-electron chi connectivity index (χ2n) is 4.42. The highest BCUT2D eigenvalue weighted by molar-refractivity contribution is 6.29. The Morgan fingerprint density at radius 1 is 1.11 bits per heavy atom. The van der Waals surface area contributed by atoms with Crippen molar-refractivity contribution in [2.45, 2.75) is 33.1 Å². The van der Waals surface area contributed by atoms with E-state index in [0.717, 1.165) is 36.6 Å². The van der Waals surface area contributed by atoms with Gasteiger partial charge in [-0.15, -0.1) is 0 Å². The molecular formula is C15H18ClN3. The van der Waals surface area contributed by atoms with Gasteiger partial charge < -0.3 is 5.32 Å². The Balaban J connectivity index is 2.14. The monoisotopic (exact) mass is 275 g/mol. The van der Waals surface area contributed by atoms with E-state index in [2.05, 4.69) is 46.5 Å². The summed E-state index contributed by atoms with van der Waals surface area (Å²) in [5, 5.41) is 3.72. The van der Waals surface area contributed by atoms with Crippen LogP contribution in [0.1, 0.15) is 31.7 Å². The van der Waals surface area contributed by atoms with E-state index in [0.29, 0.717) is 5.15 Å². The van der Waals surface area contributed by atoms with Crippen molar-refractivity contribution in [3.8, 4) is 0 Å². The molecule has 1 N–H and O–H groups in total. The number of hydrogen-bond donors (Lipinski definition) is 1. The van der Waals surface area contributed by atoms with Crippen molar-refractivity contribution in [1.29, 1.82) is 0 Å². The van der Waals surface area contributed by atoms with E-state index in [1.807, 2.05) is 6.92 Å². The van der Waals surface area contributed by atoms with Gasteiger partial charge in [-0.3, -0.25) is 0 Å². The van der Waals surface area contributed by atoms with E-state index in [1.165, 1.54) is 5.56 Å². The van der Waals surface area contributed by atoms with Gasteiger partial charge in [0.2, 0.25) is 0 Å². The Bertz CT molecular complexity index is 538. The lowest BCUT2D eigenvalue weighted by Gasteiger charge is -2.08. The molecule has 0 aliphatic rings. The van der Waals surface area contributed by atoms with Gasteiger partial charge in [0, 0.05) is 18.2 Å². The number of nitrogens with one attached hydrogen (secondary N) is 1. The van der Waals surface area contributed by atoms with Crippen molar-refractivity contribution in [3.05, 3.63) is 46.9 Å². The van der Waals surface area contributed by atoms with Gasteiger partial charge in [0.1, 0.15) is 16.8 Å². The van der Waals surface area contributed by atoms with Gasteiger partial charge >= 0.3 is 0 Å². The Kier molecular flexibility index (Phi) is 4.74. The third-order valence-electron chi connectivity index (χ3n) is 2.82. The molecule has 0 atom stereocenters. The highest BCUT2D eigenvalue weighted by Crippen LogP contribution is 2.18. The lowest BCUT2D eigenvalue weighted by Crippen LogP contribution is -1.99. The number of halogens is 1. The fourth-order valence-corrected chi connectivity index (χ4v) is 2.08. The molecule has 1 heterocycles. The minimum atomic E-state index is 0.469. The van der Waals surface area contributed by atoms with Gasteiger partial charge in [0.25, 0.3) is 0 Å². The van der Waals surface area contributed by atoms with E-state index < -0.39 is 0 Å². The van der Waals surface area contributed by atoms with Crippen molar-refractivity contribution < 1.29 is 0 Å². The summed E-state index contributed by atoms with van der Waals surface area (Å²) in [5.74, 6) is 1.48. The van der Waals surface area contributed by atoms with Crippen molar-refractivity contribution in [2.75, 3.05) is 5.32 Å². The molecule has 1 aromatic carbocycles. The zero-order chi connectivity index (χ0) is 13.7. The molecule has 3 nitrogen and oxygen atoms in total. The smallest absolute Gasteiger partial charge is 0.135 e. The molecule has 0 fully saturated rings. The minimum absolute atomic E-state index is 0.469. The molecule has 0 saturated carbocycles. The molecule has 100 valence electrons.